The molecule has 1 rings (SSSR count). The van der Waals surface area contributed by atoms with E-state index in [0.717, 1.165) is 18.2 Å². The van der Waals surface area contributed by atoms with Crippen LogP contribution in [0.5, 0.6) is 0 Å². The fraction of sp³-hybridized carbons (Fsp3) is 0.929. The highest BCUT2D eigenvalue weighted by molar-refractivity contribution is 9.09. The van der Waals surface area contributed by atoms with E-state index in [4.69, 9.17) is 14.2 Å². The minimum atomic E-state index is -0.549. The van der Waals surface area contributed by atoms with Gasteiger partial charge in [0.15, 0.2) is 5.79 Å². The van der Waals surface area contributed by atoms with Crippen LogP contribution in [0.3, 0.4) is 0 Å². The number of esters is 1. The van der Waals surface area contributed by atoms with Gasteiger partial charge in [0.1, 0.15) is 12.7 Å². The van der Waals surface area contributed by atoms with Gasteiger partial charge >= 0.3 is 5.97 Å². The van der Waals surface area contributed by atoms with Gasteiger partial charge in [-0.15, -0.1) is 0 Å². The number of carbonyl (C=O) groups excluding carboxylic acids is 1. The normalized spacial score (nSPS) is 21.5. The molecule has 1 aliphatic heterocycles. The summed E-state index contributed by atoms with van der Waals surface area (Å²) in [5.41, 5.74) is 0. The molecule has 1 saturated heterocycles. The molecule has 1 fully saturated rings. The van der Waals surface area contributed by atoms with E-state index >= 15 is 0 Å². The van der Waals surface area contributed by atoms with Crippen molar-refractivity contribution in [1.29, 1.82) is 0 Å². The molecule has 0 spiro atoms. The van der Waals surface area contributed by atoms with E-state index in [1.807, 2.05) is 13.8 Å². The van der Waals surface area contributed by atoms with Crippen molar-refractivity contribution in [3.05, 3.63) is 0 Å². The summed E-state index contributed by atoms with van der Waals surface area (Å²) in [5.74, 6) is -0.680. The predicted octanol–water partition coefficient (Wildman–Crippen LogP) is 3.42. The van der Waals surface area contributed by atoms with Gasteiger partial charge in [-0.05, 0) is 26.7 Å². The molecular formula is C14H25BrO4. The lowest BCUT2D eigenvalue weighted by molar-refractivity contribution is -0.158. The summed E-state index contributed by atoms with van der Waals surface area (Å²) in [6.45, 7) is 4.52. The molecule has 0 aromatic rings. The molecule has 1 atom stereocenters. The van der Waals surface area contributed by atoms with Crippen molar-refractivity contribution in [3.63, 3.8) is 0 Å². The number of halogens is 1. The van der Waals surface area contributed by atoms with E-state index < -0.39 is 5.79 Å². The Balaban J connectivity index is 1.97. The average Bonchev–Trinajstić information content (AvgIpc) is 2.71. The molecule has 112 valence electrons. The molecule has 19 heavy (non-hydrogen) atoms. The molecule has 0 aliphatic carbocycles. The minimum Gasteiger partial charge on any atom is -0.463 e. The molecule has 1 aliphatic rings. The van der Waals surface area contributed by atoms with Crippen LogP contribution in [0.4, 0.5) is 0 Å². The molecule has 0 saturated carbocycles. The Labute approximate surface area is 124 Å². The van der Waals surface area contributed by atoms with Crippen molar-refractivity contribution < 1.29 is 19.0 Å². The van der Waals surface area contributed by atoms with Crippen molar-refractivity contribution in [2.24, 2.45) is 0 Å². The van der Waals surface area contributed by atoms with Crippen LogP contribution in [0.1, 0.15) is 52.4 Å². The van der Waals surface area contributed by atoms with E-state index in [0.29, 0.717) is 19.6 Å². The molecule has 0 amide bonds. The molecule has 5 heteroatoms. The van der Waals surface area contributed by atoms with Gasteiger partial charge in [0.2, 0.25) is 0 Å². The second-order valence-corrected chi connectivity index (χ2v) is 6.13. The molecule has 0 radical (unpaired) electrons. The first-order chi connectivity index (χ1) is 9.03. The number of unbranched alkanes of at least 4 members (excludes halogenated alkanes) is 4. The lowest BCUT2D eigenvalue weighted by Crippen LogP contribution is -2.25. The van der Waals surface area contributed by atoms with Gasteiger partial charge < -0.3 is 14.2 Å². The minimum absolute atomic E-state index is 0.127. The number of carbonyl (C=O) groups is 1. The highest BCUT2D eigenvalue weighted by Crippen LogP contribution is 2.22. The summed E-state index contributed by atoms with van der Waals surface area (Å²) in [6, 6.07) is 0. The number of hydrogen-bond donors (Lipinski definition) is 0. The van der Waals surface area contributed by atoms with Gasteiger partial charge in [0, 0.05) is 11.8 Å². The third-order valence-electron chi connectivity index (χ3n) is 3.01. The Morgan fingerprint density at radius 2 is 1.95 bits per heavy atom. The van der Waals surface area contributed by atoms with Crippen molar-refractivity contribution in [2.75, 3.05) is 18.5 Å². The van der Waals surface area contributed by atoms with Crippen LogP contribution in [-0.4, -0.2) is 36.4 Å². The molecule has 0 aromatic heterocycles. The molecule has 0 N–H and O–H groups in total. The summed E-state index contributed by atoms with van der Waals surface area (Å²) in [5, 5.41) is 1.06. The fourth-order valence-electron chi connectivity index (χ4n) is 2.00. The fourth-order valence-corrected chi connectivity index (χ4v) is 2.39. The first kappa shape index (κ1) is 16.9. The average molecular weight is 337 g/mol. The van der Waals surface area contributed by atoms with Gasteiger partial charge in [0.05, 0.1) is 6.61 Å². The molecular weight excluding hydrogens is 312 g/mol. The molecule has 4 nitrogen and oxygen atoms in total. The van der Waals surface area contributed by atoms with Crippen molar-refractivity contribution in [3.8, 4) is 0 Å². The Kier molecular flexibility index (Phi) is 7.95. The lowest BCUT2D eigenvalue weighted by atomic mass is 10.1. The first-order valence-corrected chi connectivity index (χ1v) is 8.19. The second-order valence-electron chi connectivity index (χ2n) is 5.34. The zero-order valence-corrected chi connectivity index (χ0v) is 13.5. The van der Waals surface area contributed by atoms with E-state index in [2.05, 4.69) is 15.9 Å². The maximum absolute atomic E-state index is 11.5. The van der Waals surface area contributed by atoms with Gasteiger partial charge in [-0.2, -0.15) is 0 Å². The van der Waals surface area contributed by atoms with Gasteiger partial charge in [0.25, 0.3) is 0 Å². The van der Waals surface area contributed by atoms with Crippen LogP contribution in [0.2, 0.25) is 0 Å². The Bertz CT molecular complexity index is 268. The highest BCUT2D eigenvalue weighted by atomic mass is 79.9. The highest BCUT2D eigenvalue weighted by Gasteiger charge is 2.33. The summed E-state index contributed by atoms with van der Waals surface area (Å²) >= 11 is 3.41. The Morgan fingerprint density at radius 1 is 1.26 bits per heavy atom. The van der Waals surface area contributed by atoms with Gasteiger partial charge in [-0.25, -0.2) is 0 Å². The summed E-state index contributed by atoms with van der Waals surface area (Å²) in [6.07, 6.45) is 6.00. The number of rotatable bonds is 9. The third kappa shape index (κ3) is 7.90. The standard InChI is InChI=1S/C14H25BrO4/c1-14(2)18-11-12(19-14)10-17-13(16)8-6-4-3-5-7-9-15/h12H,3-11H2,1-2H3. The maximum Gasteiger partial charge on any atom is 0.305 e. The zero-order valence-electron chi connectivity index (χ0n) is 12.0. The van der Waals surface area contributed by atoms with E-state index in [9.17, 15) is 4.79 Å². The van der Waals surface area contributed by atoms with Crippen LogP contribution < -0.4 is 0 Å². The van der Waals surface area contributed by atoms with Crippen LogP contribution in [0.15, 0.2) is 0 Å². The van der Waals surface area contributed by atoms with E-state index in [1.54, 1.807) is 0 Å². The van der Waals surface area contributed by atoms with Gasteiger partial charge in [-0.1, -0.05) is 35.2 Å². The Morgan fingerprint density at radius 3 is 2.58 bits per heavy atom. The van der Waals surface area contributed by atoms with Crippen molar-refractivity contribution >= 4 is 21.9 Å². The van der Waals surface area contributed by atoms with Crippen molar-refractivity contribution in [1.82, 2.24) is 0 Å². The van der Waals surface area contributed by atoms with Crippen LogP contribution in [0, 0.1) is 0 Å². The predicted molar refractivity (Wildman–Crippen MR) is 77.4 cm³/mol. The van der Waals surface area contributed by atoms with E-state index in [-0.39, 0.29) is 12.1 Å². The largest absolute Gasteiger partial charge is 0.463 e. The SMILES string of the molecule is CC1(C)OCC(COC(=O)CCCCCCCBr)O1. The maximum atomic E-state index is 11.5. The molecule has 1 unspecified atom stereocenters. The van der Waals surface area contributed by atoms with Crippen LogP contribution >= 0.6 is 15.9 Å². The third-order valence-corrected chi connectivity index (χ3v) is 3.57. The molecule has 1 heterocycles. The summed E-state index contributed by atoms with van der Waals surface area (Å²) in [4.78, 5) is 11.5. The van der Waals surface area contributed by atoms with E-state index in [1.165, 1.54) is 19.3 Å². The number of alkyl halides is 1. The number of ether oxygens (including phenoxy) is 3. The van der Waals surface area contributed by atoms with Crippen LogP contribution in [-0.2, 0) is 19.0 Å². The quantitative estimate of drug-likeness (QED) is 0.367. The monoisotopic (exact) mass is 336 g/mol. The van der Waals surface area contributed by atoms with Crippen molar-refractivity contribution in [2.45, 2.75) is 64.3 Å². The smallest absolute Gasteiger partial charge is 0.305 e. The molecule has 0 bridgehead atoms. The van der Waals surface area contributed by atoms with Gasteiger partial charge in [-0.3, -0.25) is 4.79 Å². The summed E-state index contributed by atoms with van der Waals surface area (Å²) < 4.78 is 16.2. The second kappa shape index (κ2) is 8.93. The number of hydrogen-bond acceptors (Lipinski definition) is 4. The van der Waals surface area contributed by atoms with Crippen LogP contribution in [0.25, 0.3) is 0 Å². The lowest BCUT2D eigenvalue weighted by Gasteiger charge is -2.16. The molecule has 0 aromatic carbocycles. The zero-order chi connectivity index (χ0) is 14.1. The topological polar surface area (TPSA) is 44.8 Å². The summed E-state index contributed by atoms with van der Waals surface area (Å²) in [7, 11) is 0. The Hall–Kier alpha value is -0.130. The first-order valence-electron chi connectivity index (χ1n) is 7.07.